The summed E-state index contributed by atoms with van der Waals surface area (Å²) in [5, 5.41) is 4.06. The smallest absolute Gasteiger partial charge is 0.261 e. The molecule has 112 valence electrons. The minimum atomic E-state index is -2.40. The minimum absolute atomic E-state index is 0.206. The molecule has 0 spiro atoms. The lowest BCUT2D eigenvalue weighted by molar-refractivity contribution is 0.00369. The Hall–Kier alpha value is -0.750. The number of hydrogen-bond acceptors (Lipinski definition) is 3. The standard InChI is InChI=1S/C14H19ClF2N2O/c15-12-3-1-2-11(8-12)13-9-18-4-5-19(13)6-7-20-10-14(16)17/h1-3,8,13-14,18H,4-7,9-10H2. The molecule has 3 nitrogen and oxygen atoms in total. The maximum Gasteiger partial charge on any atom is 0.261 e. The maximum atomic E-state index is 12.0. The first-order valence-electron chi connectivity index (χ1n) is 6.73. The van der Waals surface area contributed by atoms with Gasteiger partial charge in [0, 0.05) is 37.2 Å². The molecule has 6 heteroatoms. The molecule has 20 heavy (non-hydrogen) atoms. The number of benzene rings is 1. The molecule has 1 aliphatic heterocycles. The molecule has 1 unspecified atom stereocenters. The summed E-state index contributed by atoms with van der Waals surface area (Å²) in [7, 11) is 0. The number of nitrogens with zero attached hydrogens (tertiary/aromatic N) is 1. The molecule has 1 saturated heterocycles. The molecular weight excluding hydrogens is 286 g/mol. The van der Waals surface area contributed by atoms with Crippen molar-refractivity contribution in [1.29, 1.82) is 0 Å². The van der Waals surface area contributed by atoms with Gasteiger partial charge in [-0.25, -0.2) is 8.78 Å². The van der Waals surface area contributed by atoms with Gasteiger partial charge in [-0.1, -0.05) is 23.7 Å². The molecule has 1 atom stereocenters. The van der Waals surface area contributed by atoms with Crippen molar-refractivity contribution in [3.63, 3.8) is 0 Å². The Morgan fingerprint density at radius 2 is 2.30 bits per heavy atom. The highest BCUT2D eigenvalue weighted by Gasteiger charge is 2.23. The lowest BCUT2D eigenvalue weighted by atomic mass is 10.0. The number of nitrogens with one attached hydrogen (secondary N) is 1. The third-order valence-electron chi connectivity index (χ3n) is 3.35. The number of rotatable bonds is 6. The Labute approximate surface area is 122 Å². The van der Waals surface area contributed by atoms with Crippen molar-refractivity contribution in [2.75, 3.05) is 39.4 Å². The van der Waals surface area contributed by atoms with Gasteiger partial charge in [0.2, 0.25) is 0 Å². The van der Waals surface area contributed by atoms with Gasteiger partial charge >= 0.3 is 0 Å². The summed E-state index contributed by atoms with van der Waals surface area (Å²) in [5.74, 6) is 0. The summed E-state index contributed by atoms with van der Waals surface area (Å²) in [6.45, 7) is 3.07. The Morgan fingerprint density at radius 1 is 1.45 bits per heavy atom. The van der Waals surface area contributed by atoms with Crippen LogP contribution in [-0.4, -0.2) is 50.7 Å². The quantitative estimate of drug-likeness (QED) is 0.818. The Morgan fingerprint density at radius 3 is 3.05 bits per heavy atom. The third-order valence-corrected chi connectivity index (χ3v) is 3.59. The second-order valence-corrected chi connectivity index (χ2v) is 5.21. The number of hydrogen-bond donors (Lipinski definition) is 1. The van der Waals surface area contributed by atoms with E-state index in [0.717, 1.165) is 25.2 Å². The molecule has 1 heterocycles. The molecule has 0 bridgehead atoms. The predicted octanol–water partition coefficient (Wildman–Crippen LogP) is 2.57. The van der Waals surface area contributed by atoms with Crippen molar-refractivity contribution in [1.82, 2.24) is 10.2 Å². The van der Waals surface area contributed by atoms with Crippen LogP contribution in [0.1, 0.15) is 11.6 Å². The topological polar surface area (TPSA) is 24.5 Å². The van der Waals surface area contributed by atoms with Crippen LogP contribution in [-0.2, 0) is 4.74 Å². The molecule has 1 aliphatic rings. The van der Waals surface area contributed by atoms with Gasteiger partial charge in [-0.05, 0) is 17.7 Å². The first kappa shape index (κ1) is 15.6. The lowest BCUT2D eigenvalue weighted by Crippen LogP contribution is -2.47. The molecule has 0 aliphatic carbocycles. The molecule has 1 fully saturated rings. The number of halogens is 3. The van der Waals surface area contributed by atoms with E-state index in [0.29, 0.717) is 18.2 Å². The summed E-state index contributed by atoms with van der Waals surface area (Å²) in [6, 6.07) is 7.97. The minimum Gasteiger partial charge on any atom is -0.374 e. The number of alkyl halides is 2. The molecule has 0 saturated carbocycles. The number of ether oxygens (including phenoxy) is 1. The van der Waals surface area contributed by atoms with Crippen molar-refractivity contribution in [3.05, 3.63) is 34.9 Å². The van der Waals surface area contributed by atoms with Gasteiger partial charge in [0.05, 0.1) is 6.61 Å². The molecule has 1 N–H and O–H groups in total. The number of piperazine rings is 1. The zero-order valence-electron chi connectivity index (χ0n) is 11.2. The summed E-state index contributed by atoms with van der Waals surface area (Å²) >= 11 is 6.03. The van der Waals surface area contributed by atoms with Crippen LogP contribution in [0.4, 0.5) is 8.78 Å². The Kier molecular flexibility index (Phi) is 6.16. The maximum absolute atomic E-state index is 12.0. The average molecular weight is 305 g/mol. The molecular formula is C14H19ClF2N2O. The summed E-state index contributed by atoms with van der Waals surface area (Å²) in [6.07, 6.45) is -2.40. The van der Waals surface area contributed by atoms with Crippen LogP contribution in [0.25, 0.3) is 0 Å². The van der Waals surface area contributed by atoms with E-state index in [-0.39, 0.29) is 6.04 Å². The average Bonchev–Trinajstić information content (AvgIpc) is 2.44. The van der Waals surface area contributed by atoms with Crippen LogP contribution < -0.4 is 5.32 Å². The Bertz CT molecular complexity index is 420. The van der Waals surface area contributed by atoms with Gasteiger partial charge in [-0.3, -0.25) is 4.90 Å². The van der Waals surface area contributed by atoms with Crippen molar-refractivity contribution in [2.24, 2.45) is 0 Å². The van der Waals surface area contributed by atoms with Gasteiger partial charge in [-0.15, -0.1) is 0 Å². The highest BCUT2D eigenvalue weighted by molar-refractivity contribution is 6.30. The second kappa shape index (κ2) is 7.88. The molecule has 0 aromatic heterocycles. The van der Waals surface area contributed by atoms with Crippen molar-refractivity contribution < 1.29 is 13.5 Å². The van der Waals surface area contributed by atoms with E-state index in [1.54, 1.807) is 0 Å². The molecule has 0 radical (unpaired) electrons. The van der Waals surface area contributed by atoms with Gasteiger partial charge in [-0.2, -0.15) is 0 Å². The van der Waals surface area contributed by atoms with Crippen molar-refractivity contribution in [2.45, 2.75) is 12.5 Å². The zero-order chi connectivity index (χ0) is 14.4. The van der Waals surface area contributed by atoms with E-state index in [1.807, 2.05) is 24.3 Å². The van der Waals surface area contributed by atoms with Crippen LogP contribution in [0, 0.1) is 0 Å². The summed E-state index contributed by atoms with van der Waals surface area (Å²) in [4.78, 5) is 2.24. The van der Waals surface area contributed by atoms with Crippen LogP contribution in [0.3, 0.4) is 0 Å². The van der Waals surface area contributed by atoms with Crippen LogP contribution >= 0.6 is 11.6 Å². The second-order valence-electron chi connectivity index (χ2n) is 4.78. The van der Waals surface area contributed by atoms with E-state index in [2.05, 4.69) is 10.2 Å². The summed E-state index contributed by atoms with van der Waals surface area (Å²) in [5.41, 5.74) is 1.14. The van der Waals surface area contributed by atoms with E-state index < -0.39 is 13.0 Å². The highest BCUT2D eigenvalue weighted by atomic mass is 35.5. The zero-order valence-corrected chi connectivity index (χ0v) is 12.0. The third kappa shape index (κ3) is 4.66. The predicted molar refractivity (Wildman–Crippen MR) is 75.5 cm³/mol. The van der Waals surface area contributed by atoms with Gasteiger partial charge in [0.15, 0.2) is 0 Å². The van der Waals surface area contributed by atoms with Crippen molar-refractivity contribution in [3.8, 4) is 0 Å². The molecule has 1 aromatic rings. The summed E-state index contributed by atoms with van der Waals surface area (Å²) < 4.78 is 29.0. The van der Waals surface area contributed by atoms with Crippen LogP contribution in [0.5, 0.6) is 0 Å². The van der Waals surface area contributed by atoms with E-state index in [9.17, 15) is 8.78 Å². The fourth-order valence-electron chi connectivity index (χ4n) is 2.41. The van der Waals surface area contributed by atoms with Gasteiger partial charge < -0.3 is 10.1 Å². The molecule has 0 amide bonds. The highest BCUT2D eigenvalue weighted by Crippen LogP contribution is 2.24. The van der Waals surface area contributed by atoms with Crippen molar-refractivity contribution >= 4 is 11.6 Å². The SMILES string of the molecule is FC(F)COCCN1CCNCC1c1cccc(Cl)c1. The van der Waals surface area contributed by atoms with Gasteiger partial charge in [0.1, 0.15) is 6.61 Å². The van der Waals surface area contributed by atoms with Crippen LogP contribution in [0.15, 0.2) is 24.3 Å². The lowest BCUT2D eigenvalue weighted by Gasteiger charge is -2.36. The van der Waals surface area contributed by atoms with E-state index in [1.165, 1.54) is 0 Å². The van der Waals surface area contributed by atoms with Crippen LogP contribution in [0.2, 0.25) is 5.02 Å². The monoisotopic (exact) mass is 304 g/mol. The fraction of sp³-hybridized carbons (Fsp3) is 0.571. The molecule has 2 rings (SSSR count). The van der Waals surface area contributed by atoms with E-state index in [4.69, 9.17) is 16.3 Å². The van der Waals surface area contributed by atoms with Gasteiger partial charge in [0.25, 0.3) is 6.43 Å². The molecule has 1 aromatic carbocycles. The largest absolute Gasteiger partial charge is 0.374 e. The first-order chi connectivity index (χ1) is 9.66. The Balaban J connectivity index is 1.91. The fourth-order valence-corrected chi connectivity index (χ4v) is 2.61. The van der Waals surface area contributed by atoms with E-state index >= 15 is 0 Å². The normalized spacial score (nSPS) is 20.5. The first-order valence-corrected chi connectivity index (χ1v) is 7.11.